The third-order valence-electron chi connectivity index (χ3n) is 5.25. The summed E-state index contributed by atoms with van der Waals surface area (Å²) in [6, 6.07) is 17.6. The maximum Gasteiger partial charge on any atom is 0.259 e. The predicted molar refractivity (Wildman–Crippen MR) is 132 cm³/mol. The molecule has 3 aromatic carbocycles. The van der Waals surface area contributed by atoms with Crippen molar-refractivity contribution in [3.8, 4) is 17.2 Å². The van der Waals surface area contributed by atoms with E-state index in [-0.39, 0.29) is 17.2 Å². The second-order valence-corrected chi connectivity index (χ2v) is 8.00. The van der Waals surface area contributed by atoms with E-state index in [0.717, 1.165) is 16.7 Å². The largest absolute Gasteiger partial charge is 0.507 e. The molecule has 0 radical (unpaired) electrons. The summed E-state index contributed by atoms with van der Waals surface area (Å²) in [7, 11) is 1.60. The van der Waals surface area contributed by atoms with E-state index in [4.69, 9.17) is 9.47 Å². The highest BCUT2D eigenvalue weighted by atomic mass is 16.5. The molecule has 0 bridgehead atoms. The molecule has 0 unspecified atom stereocenters. The Morgan fingerprint density at radius 2 is 1.68 bits per heavy atom. The van der Waals surface area contributed by atoms with Gasteiger partial charge in [-0.3, -0.25) is 9.59 Å². The van der Waals surface area contributed by atoms with Gasteiger partial charge in [0.05, 0.1) is 12.2 Å². The minimum Gasteiger partial charge on any atom is -0.507 e. The molecule has 3 aromatic rings. The third-order valence-corrected chi connectivity index (χ3v) is 5.25. The maximum absolute atomic E-state index is 12.7. The van der Waals surface area contributed by atoms with Gasteiger partial charge in [-0.2, -0.15) is 0 Å². The SMILES string of the molecule is COCCNC(=O)CCc1cc(C)c(Oc2ccc(O)c(C(=O)Nc3ccccc3)c2)c(C)c1. The molecule has 0 fully saturated rings. The summed E-state index contributed by atoms with van der Waals surface area (Å²) >= 11 is 0. The number of carbonyl (C=O) groups excluding carboxylic acids is 2. The molecule has 178 valence electrons. The molecular weight excluding hydrogens is 432 g/mol. The number of para-hydroxylation sites is 1. The third kappa shape index (κ3) is 6.83. The van der Waals surface area contributed by atoms with Crippen LogP contribution in [0.5, 0.6) is 17.2 Å². The van der Waals surface area contributed by atoms with Crippen LogP contribution in [0.25, 0.3) is 0 Å². The zero-order valence-electron chi connectivity index (χ0n) is 19.7. The minimum absolute atomic E-state index is 0.0157. The van der Waals surface area contributed by atoms with Gasteiger partial charge in [-0.1, -0.05) is 30.3 Å². The monoisotopic (exact) mass is 462 g/mol. The van der Waals surface area contributed by atoms with Crippen LogP contribution in [0.15, 0.2) is 60.7 Å². The first-order valence-electron chi connectivity index (χ1n) is 11.1. The lowest BCUT2D eigenvalue weighted by molar-refractivity contribution is -0.121. The van der Waals surface area contributed by atoms with Crippen molar-refractivity contribution in [2.45, 2.75) is 26.7 Å². The molecule has 0 aliphatic carbocycles. The number of methoxy groups -OCH3 is 1. The Kier molecular flexibility index (Phi) is 8.65. The molecule has 0 aliphatic rings. The average Bonchev–Trinajstić information content (AvgIpc) is 2.82. The van der Waals surface area contributed by atoms with Crippen LogP contribution in [-0.2, 0) is 16.0 Å². The van der Waals surface area contributed by atoms with Crippen LogP contribution in [0.3, 0.4) is 0 Å². The molecule has 7 nitrogen and oxygen atoms in total. The van der Waals surface area contributed by atoms with E-state index in [9.17, 15) is 14.7 Å². The van der Waals surface area contributed by atoms with Crippen LogP contribution in [0.4, 0.5) is 5.69 Å². The Bertz CT molecular complexity index is 1120. The number of amides is 2. The second-order valence-electron chi connectivity index (χ2n) is 8.00. The zero-order valence-corrected chi connectivity index (χ0v) is 19.7. The second kappa shape index (κ2) is 11.9. The summed E-state index contributed by atoms with van der Waals surface area (Å²) in [5.74, 6) is 0.536. The van der Waals surface area contributed by atoms with Crippen molar-refractivity contribution in [2.24, 2.45) is 0 Å². The summed E-state index contributed by atoms with van der Waals surface area (Å²) in [5.41, 5.74) is 3.62. The number of hydrogen-bond acceptors (Lipinski definition) is 5. The number of carbonyl (C=O) groups is 2. The van der Waals surface area contributed by atoms with Crippen LogP contribution in [0.1, 0.15) is 33.5 Å². The van der Waals surface area contributed by atoms with Gasteiger partial charge in [0.2, 0.25) is 5.91 Å². The molecule has 0 spiro atoms. The fourth-order valence-corrected chi connectivity index (χ4v) is 3.58. The summed E-state index contributed by atoms with van der Waals surface area (Å²) in [6.07, 6.45) is 1.00. The molecule has 3 rings (SSSR count). The highest BCUT2D eigenvalue weighted by molar-refractivity contribution is 6.06. The number of nitrogens with one attached hydrogen (secondary N) is 2. The summed E-state index contributed by atoms with van der Waals surface area (Å²) in [5, 5.41) is 15.8. The van der Waals surface area contributed by atoms with Crippen molar-refractivity contribution in [3.05, 3.63) is 82.9 Å². The molecular formula is C27H30N2O5. The minimum atomic E-state index is -0.429. The van der Waals surface area contributed by atoms with E-state index in [1.165, 1.54) is 12.1 Å². The van der Waals surface area contributed by atoms with Crippen molar-refractivity contribution in [2.75, 3.05) is 25.6 Å². The van der Waals surface area contributed by atoms with Gasteiger partial charge in [0.1, 0.15) is 17.2 Å². The van der Waals surface area contributed by atoms with Gasteiger partial charge < -0.3 is 25.2 Å². The van der Waals surface area contributed by atoms with Gasteiger partial charge in [-0.05, 0) is 67.3 Å². The van der Waals surface area contributed by atoms with Crippen LogP contribution in [0.2, 0.25) is 0 Å². The van der Waals surface area contributed by atoms with Crippen molar-refractivity contribution < 1.29 is 24.2 Å². The van der Waals surface area contributed by atoms with Crippen LogP contribution >= 0.6 is 0 Å². The molecule has 3 N–H and O–H groups in total. The lowest BCUT2D eigenvalue weighted by Crippen LogP contribution is -2.27. The highest BCUT2D eigenvalue weighted by Crippen LogP contribution is 2.32. The summed E-state index contributed by atoms with van der Waals surface area (Å²) in [4.78, 5) is 24.6. The van der Waals surface area contributed by atoms with E-state index in [2.05, 4.69) is 10.6 Å². The Morgan fingerprint density at radius 3 is 2.35 bits per heavy atom. The first kappa shape index (κ1) is 24.8. The normalized spacial score (nSPS) is 10.6. The number of anilines is 1. The Hall–Kier alpha value is -3.84. The Morgan fingerprint density at radius 1 is 0.971 bits per heavy atom. The first-order valence-corrected chi connectivity index (χ1v) is 11.1. The quantitative estimate of drug-likeness (QED) is 0.378. The number of phenols is 1. The molecule has 0 aliphatic heterocycles. The fourth-order valence-electron chi connectivity index (χ4n) is 3.58. The number of benzene rings is 3. The van der Waals surface area contributed by atoms with Crippen molar-refractivity contribution in [1.82, 2.24) is 5.32 Å². The maximum atomic E-state index is 12.7. The average molecular weight is 463 g/mol. The van der Waals surface area contributed by atoms with Gasteiger partial charge in [0.25, 0.3) is 5.91 Å². The lowest BCUT2D eigenvalue weighted by Gasteiger charge is -2.15. The molecule has 34 heavy (non-hydrogen) atoms. The van der Waals surface area contributed by atoms with Crippen molar-refractivity contribution in [1.29, 1.82) is 0 Å². The first-order chi connectivity index (χ1) is 16.4. The van der Waals surface area contributed by atoms with Gasteiger partial charge >= 0.3 is 0 Å². The molecule has 0 saturated heterocycles. The van der Waals surface area contributed by atoms with Crippen LogP contribution in [-0.4, -0.2) is 37.2 Å². The number of hydrogen-bond donors (Lipinski definition) is 3. The molecule has 7 heteroatoms. The molecule has 0 saturated carbocycles. The molecule has 2 amide bonds. The Labute approximate surface area is 199 Å². The van der Waals surface area contributed by atoms with E-state index < -0.39 is 5.91 Å². The molecule has 0 heterocycles. The predicted octanol–water partition coefficient (Wildman–Crippen LogP) is 4.75. The number of aryl methyl sites for hydroxylation is 3. The van der Waals surface area contributed by atoms with Gasteiger partial charge in [-0.15, -0.1) is 0 Å². The van der Waals surface area contributed by atoms with E-state index in [0.29, 0.717) is 43.2 Å². The smallest absolute Gasteiger partial charge is 0.259 e. The summed E-state index contributed by atoms with van der Waals surface area (Å²) < 4.78 is 11.0. The van der Waals surface area contributed by atoms with E-state index in [1.807, 2.05) is 44.2 Å². The summed E-state index contributed by atoms with van der Waals surface area (Å²) in [6.45, 7) is 4.86. The van der Waals surface area contributed by atoms with Crippen molar-refractivity contribution >= 4 is 17.5 Å². The highest BCUT2D eigenvalue weighted by Gasteiger charge is 2.15. The zero-order chi connectivity index (χ0) is 24.5. The molecule has 0 atom stereocenters. The Balaban J connectivity index is 1.69. The van der Waals surface area contributed by atoms with Crippen LogP contribution < -0.4 is 15.4 Å². The standard InChI is InChI=1S/C27H30N2O5/c1-18-15-20(9-12-25(31)28-13-14-33-3)16-19(2)26(18)34-22-10-11-24(30)23(17-22)27(32)29-21-7-5-4-6-8-21/h4-8,10-11,15-17,30H,9,12-14H2,1-3H3,(H,28,31)(H,29,32). The number of aromatic hydroxyl groups is 1. The number of phenolic OH excluding ortho intramolecular Hbond substituents is 1. The van der Waals surface area contributed by atoms with Crippen molar-refractivity contribution in [3.63, 3.8) is 0 Å². The number of ether oxygens (including phenoxy) is 2. The molecule has 0 aromatic heterocycles. The lowest BCUT2D eigenvalue weighted by atomic mass is 10.0. The van der Waals surface area contributed by atoms with E-state index >= 15 is 0 Å². The number of rotatable bonds is 10. The topological polar surface area (TPSA) is 96.9 Å². The van der Waals surface area contributed by atoms with Gasteiger partial charge in [0.15, 0.2) is 0 Å². The van der Waals surface area contributed by atoms with Gasteiger partial charge in [0, 0.05) is 25.8 Å². The van der Waals surface area contributed by atoms with E-state index in [1.54, 1.807) is 25.3 Å². The fraction of sp³-hybridized carbons (Fsp3) is 0.259. The van der Waals surface area contributed by atoms with Crippen LogP contribution in [0, 0.1) is 13.8 Å². The van der Waals surface area contributed by atoms with Gasteiger partial charge in [-0.25, -0.2) is 0 Å².